The van der Waals surface area contributed by atoms with Crippen molar-refractivity contribution in [2.45, 2.75) is 56.9 Å². The number of nitrogens with two attached hydrogens (primary N) is 1. The molecule has 0 radical (unpaired) electrons. The van der Waals surface area contributed by atoms with E-state index in [1.165, 1.54) is 19.3 Å². The Bertz CT molecular complexity index is 776. The van der Waals surface area contributed by atoms with Gasteiger partial charge in [0, 0.05) is 31.0 Å². The number of hydrogen-bond acceptors (Lipinski definition) is 3. The Morgan fingerprint density at radius 2 is 1.78 bits per heavy atom. The summed E-state index contributed by atoms with van der Waals surface area (Å²) in [6.45, 7) is 1.72. The number of hydrogen-bond donors (Lipinski definition) is 2. The molecule has 144 valence electrons. The molecule has 1 saturated heterocycles. The molecule has 27 heavy (non-hydrogen) atoms. The van der Waals surface area contributed by atoms with Crippen molar-refractivity contribution in [2.75, 3.05) is 13.1 Å². The fourth-order valence-corrected chi connectivity index (χ4v) is 5.79. The lowest BCUT2D eigenvalue weighted by Gasteiger charge is -2.45. The van der Waals surface area contributed by atoms with Gasteiger partial charge >= 0.3 is 0 Å². The number of carbonyl (C=O) groups excluding carboxylic acids is 1. The van der Waals surface area contributed by atoms with E-state index in [9.17, 15) is 4.79 Å². The highest BCUT2D eigenvalue weighted by Gasteiger charge is 2.42. The van der Waals surface area contributed by atoms with Crippen LogP contribution in [0, 0.1) is 17.8 Å². The van der Waals surface area contributed by atoms with E-state index in [2.05, 4.69) is 22.0 Å². The number of imidazole rings is 1. The van der Waals surface area contributed by atoms with Gasteiger partial charge in [0.05, 0.1) is 11.0 Å². The summed E-state index contributed by atoms with van der Waals surface area (Å²) in [6, 6.07) is 8.53. The van der Waals surface area contributed by atoms with Gasteiger partial charge in [-0.25, -0.2) is 4.98 Å². The maximum Gasteiger partial charge on any atom is 0.225 e. The highest BCUT2D eigenvalue weighted by molar-refractivity contribution is 5.79. The van der Waals surface area contributed by atoms with Crippen molar-refractivity contribution in [1.29, 1.82) is 0 Å². The van der Waals surface area contributed by atoms with E-state index >= 15 is 0 Å². The van der Waals surface area contributed by atoms with Gasteiger partial charge in [-0.05, 0) is 62.5 Å². The Balaban J connectivity index is 1.22. The number of carbonyl (C=O) groups is 1. The number of likely N-dealkylation sites (tertiary alicyclic amines) is 1. The first-order valence-corrected chi connectivity index (χ1v) is 10.7. The highest BCUT2D eigenvalue weighted by Crippen LogP contribution is 2.42. The average molecular weight is 367 g/mol. The van der Waals surface area contributed by atoms with Crippen LogP contribution in [0.4, 0.5) is 0 Å². The normalized spacial score (nSPS) is 32.0. The second kappa shape index (κ2) is 6.93. The Morgan fingerprint density at radius 3 is 2.48 bits per heavy atom. The van der Waals surface area contributed by atoms with Crippen LogP contribution in [-0.2, 0) is 4.79 Å². The standard InChI is InChI=1S/C22H30N4O/c23-20-15-4-3-5-16(20)13-17(12-15)22(27)26-10-8-14(9-11-26)21-24-18-6-1-2-7-19(18)25-21/h1-2,6-7,14-17,20H,3-5,8-13,23H2,(H,24,25). The Kier molecular flexibility index (Phi) is 4.43. The molecule has 5 nitrogen and oxygen atoms in total. The number of para-hydroxylation sites is 2. The molecular weight excluding hydrogens is 336 g/mol. The van der Waals surface area contributed by atoms with Gasteiger partial charge in [0.2, 0.25) is 5.91 Å². The molecule has 1 aromatic carbocycles. The van der Waals surface area contributed by atoms with Crippen LogP contribution in [-0.4, -0.2) is 39.9 Å². The van der Waals surface area contributed by atoms with Gasteiger partial charge in [-0.1, -0.05) is 18.6 Å². The minimum Gasteiger partial charge on any atom is -0.342 e. The number of H-pyrrole nitrogens is 1. The number of aromatic amines is 1. The summed E-state index contributed by atoms with van der Waals surface area (Å²) < 4.78 is 0. The zero-order chi connectivity index (χ0) is 18.4. The second-order valence-corrected chi connectivity index (χ2v) is 8.94. The Labute approximate surface area is 160 Å². The lowest BCUT2D eigenvalue weighted by atomic mass is 9.65. The van der Waals surface area contributed by atoms with Crippen molar-refractivity contribution in [2.24, 2.45) is 23.5 Å². The Hall–Kier alpha value is -1.88. The minimum absolute atomic E-state index is 0.211. The van der Waals surface area contributed by atoms with Gasteiger partial charge in [-0.15, -0.1) is 0 Å². The van der Waals surface area contributed by atoms with Gasteiger partial charge in [0.15, 0.2) is 0 Å². The summed E-state index contributed by atoms with van der Waals surface area (Å²) >= 11 is 0. The number of amides is 1. The van der Waals surface area contributed by atoms with Gasteiger partial charge in [0.25, 0.3) is 0 Å². The summed E-state index contributed by atoms with van der Waals surface area (Å²) in [7, 11) is 0. The summed E-state index contributed by atoms with van der Waals surface area (Å²) in [5.41, 5.74) is 8.55. The van der Waals surface area contributed by atoms with Crippen molar-refractivity contribution < 1.29 is 4.79 Å². The molecule has 1 amide bonds. The molecule has 2 unspecified atom stereocenters. The molecule has 3 N–H and O–H groups in total. The largest absolute Gasteiger partial charge is 0.342 e. The van der Waals surface area contributed by atoms with E-state index in [0.717, 1.165) is 55.6 Å². The topological polar surface area (TPSA) is 75.0 Å². The fraction of sp³-hybridized carbons (Fsp3) is 0.636. The molecular formula is C22H30N4O. The zero-order valence-corrected chi connectivity index (χ0v) is 15.9. The second-order valence-electron chi connectivity index (χ2n) is 8.94. The summed E-state index contributed by atoms with van der Waals surface area (Å²) in [5, 5.41) is 0. The molecule has 2 atom stereocenters. The lowest BCUT2D eigenvalue weighted by Crippen LogP contribution is -2.50. The summed E-state index contributed by atoms with van der Waals surface area (Å²) in [5.74, 6) is 3.26. The van der Waals surface area contributed by atoms with Crippen molar-refractivity contribution >= 4 is 16.9 Å². The van der Waals surface area contributed by atoms with Gasteiger partial charge in [-0.2, -0.15) is 0 Å². The maximum absolute atomic E-state index is 13.1. The number of benzene rings is 1. The molecule has 3 aliphatic rings. The third-order valence-corrected chi connectivity index (χ3v) is 7.36. The number of nitrogens with zero attached hydrogens (tertiary/aromatic N) is 2. The molecule has 3 fully saturated rings. The first kappa shape index (κ1) is 17.2. The quantitative estimate of drug-likeness (QED) is 0.855. The molecule has 2 aromatic rings. The summed E-state index contributed by atoms with van der Waals surface area (Å²) in [4.78, 5) is 23.5. The zero-order valence-electron chi connectivity index (χ0n) is 15.9. The smallest absolute Gasteiger partial charge is 0.225 e. The van der Waals surface area contributed by atoms with E-state index in [-0.39, 0.29) is 5.92 Å². The molecule has 2 bridgehead atoms. The van der Waals surface area contributed by atoms with Gasteiger partial charge in [-0.3, -0.25) is 4.79 Å². The van der Waals surface area contributed by atoms with Crippen molar-refractivity contribution in [3.8, 4) is 0 Å². The van der Waals surface area contributed by atoms with Crippen molar-refractivity contribution in [3.63, 3.8) is 0 Å². The van der Waals surface area contributed by atoms with Crippen molar-refractivity contribution in [3.05, 3.63) is 30.1 Å². The van der Waals surface area contributed by atoms with E-state index < -0.39 is 0 Å². The van der Waals surface area contributed by atoms with E-state index in [1.54, 1.807) is 0 Å². The maximum atomic E-state index is 13.1. The van der Waals surface area contributed by atoms with Crippen LogP contribution in [0.1, 0.15) is 56.7 Å². The van der Waals surface area contributed by atoms with Gasteiger partial charge in [0.1, 0.15) is 5.82 Å². The third kappa shape index (κ3) is 3.16. The number of fused-ring (bicyclic) bond motifs is 3. The van der Waals surface area contributed by atoms with Crippen LogP contribution in [0.2, 0.25) is 0 Å². The monoisotopic (exact) mass is 366 g/mol. The lowest BCUT2D eigenvalue weighted by molar-refractivity contribution is -0.139. The molecule has 1 aliphatic heterocycles. The number of nitrogens with one attached hydrogen (secondary N) is 1. The highest BCUT2D eigenvalue weighted by atomic mass is 16.2. The first-order chi connectivity index (χ1) is 13.2. The molecule has 5 heteroatoms. The van der Waals surface area contributed by atoms with Crippen LogP contribution >= 0.6 is 0 Å². The number of aromatic nitrogens is 2. The molecule has 2 heterocycles. The van der Waals surface area contributed by atoms with Crippen LogP contribution < -0.4 is 5.73 Å². The van der Waals surface area contributed by atoms with Crippen LogP contribution in [0.5, 0.6) is 0 Å². The summed E-state index contributed by atoms with van der Waals surface area (Å²) in [6.07, 6.45) is 7.77. The average Bonchev–Trinajstić information content (AvgIpc) is 3.12. The first-order valence-electron chi connectivity index (χ1n) is 10.7. The van der Waals surface area contributed by atoms with E-state index in [4.69, 9.17) is 10.7 Å². The molecule has 1 aromatic heterocycles. The van der Waals surface area contributed by atoms with Crippen LogP contribution in [0.15, 0.2) is 24.3 Å². The predicted octanol–water partition coefficient (Wildman–Crippen LogP) is 3.42. The van der Waals surface area contributed by atoms with Gasteiger partial charge < -0.3 is 15.6 Å². The number of rotatable bonds is 2. The van der Waals surface area contributed by atoms with Crippen LogP contribution in [0.25, 0.3) is 11.0 Å². The third-order valence-electron chi connectivity index (χ3n) is 7.36. The predicted molar refractivity (Wildman–Crippen MR) is 106 cm³/mol. The minimum atomic E-state index is 0.211. The van der Waals surface area contributed by atoms with E-state index in [1.807, 2.05) is 12.1 Å². The van der Waals surface area contributed by atoms with E-state index in [0.29, 0.717) is 29.7 Å². The molecule has 5 rings (SSSR count). The molecule has 2 aliphatic carbocycles. The fourth-order valence-electron chi connectivity index (χ4n) is 5.79. The van der Waals surface area contributed by atoms with Crippen molar-refractivity contribution in [1.82, 2.24) is 14.9 Å². The molecule has 2 saturated carbocycles. The number of piperidine rings is 1. The SMILES string of the molecule is NC1C2CCCC1CC(C(=O)N1CCC(c3nc4ccccc4[nH]3)CC1)C2. The van der Waals surface area contributed by atoms with Crippen LogP contribution in [0.3, 0.4) is 0 Å². The Morgan fingerprint density at radius 1 is 1.07 bits per heavy atom. The molecule has 0 spiro atoms.